The van der Waals surface area contributed by atoms with Gasteiger partial charge in [-0.3, -0.25) is 0 Å². The molecular formula is C32H32O4. The summed E-state index contributed by atoms with van der Waals surface area (Å²) in [6.07, 6.45) is 0.923. The monoisotopic (exact) mass is 480 g/mol. The van der Waals surface area contributed by atoms with E-state index in [1.807, 2.05) is 6.07 Å². The van der Waals surface area contributed by atoms with Crippen LogP contribution in [0.4, 0.5) is 0 Å². The first-order valence-electron chi connectivity index (χ1n) is 12.2. The lowest BCUT2D eigenvalue weighted by molar-refractivity contribution is 0.353. The summed E-state index contributed by atoms with van der Waals surface area (Å²) in [5.74, 6) is 3.54. The summed E-state index contributed by atoms with van der Waals surface area (Å²) in [4.78, 5) is 0. The third kappa shape index (κ3) is 4.28. The normalized spacial score (nSPS) is 18.4. The van der Waals surface area contributed by atoms with Crippen molar-refractivity contribution in [3.05, 3.63) is 119 Å². The van der Waals surface area contributed by atoms with Gasteiger partial charge >= 0.3 is 0 Å². The fraction of sp³-hybridized carbons (Fsp3) is 0.250. The minimum Gasteiger partial charge on any atom is -0.493 e. The molecule has 0 N–H and O–H groups in total. The van der Waals surface area contributed by atoms with Crippen LogP contribution in [0.15, 0.2) is 91.0 Å². The first kappa shape index (κ1) is 23.8. The third-order valence-electron chi connectivity index (χ3n) is 7.37. The Hall–Kier alpha value is -3.92. The Morgan fingerprint density at radius 1 is 0.528 bits per heavy atom. The molecule has 184 valence electrons. The van der Waals surface area contributed by atoms with E-state index in [-0.39, 0.29) is 17.8 Å². The zero-order chi connectivity index (χ0) is 25.1. The second kappa shape index (κ2) is 10.4. The fourth-order valence-electron chi connectivity index (χ4n) is 5.76. The van der Waals surface area contributed by atoms with Crippen molar-refractivity contribution in [3.8, 4) is 23.0 Å². The van der Waals surface area contributed by atoms with Crippen LogP contribution in [0.1, 0.15) is 45.6 Å². The van der Waals surface area contributed by atoms with Crippen molar-refractivity contribution in [1.82, 2.24) is 0 Å². The van der Waals surface area contributed by atoms with Crippen molar-refractivity contribution in [2.45, 2.75) is 24.2 Å². The van der Waals surface area contributed by atoms with Gasteiger partial charge in [-0.2, -0.15) is 0 Å². The lowest BCUT2D eigenvalue weighted by Crippen LogP contribution is -2.14. The van der Waals surface area contributed by atoms with Crippen molar-refractivity contribution in [1.29, 1.82) is 0 Å². The summed E-state index contributed by atoms with van der Waals surface area (Å²) in [5, 5.41) is 0. The van der Waals surface area contributed by atoms with Crippen molar-refractivity contribution in [2.75, 3.05) is 28.4 Å². The van der Waals surface area contributed by atoms with E-state index in [4.69, 9.17) is 18.9 Å². The maximum atomic E-state index is 5.75. The molecule has 4 heteroatoms. The Labute approximate surface area is 213 Å². The molecule has 4 aromatic rings. The third-order valence-corrected chi connectivity index (χ3v) is 7.37. The average molecular weight is 481 g/mol. The molecule has 0 bridgehead atoms. The Balaban J connectivity index is 1.75. The molecule has 0 saturated heterocycles. The molecule has 1 aliphatic carbocycles. The predicted molar refractivity (Wildman–Crippen MR) is 143 cm³/mol. The van der Waals surface area contributed by atoms with Crippen LogP contribution >= 0.6 is 0 Å². The Morgan fingerprint density at radius 2 is 1.08 bits per heavy atom. The average Bonchev–Trinajstić information content (AvgIpc) is 3.25. The van der Waals surface area contributed by atoms with Gasteiger partial charge in [0.05, 0.1) is 28.4 Å². The molecule has 0 unspecified atom stereocenters. The zero-order valence-electron chi connectivity index (χ0n) is 21.2. The van der Waals surface area contributed by atoms with Gasteiger partial charge in [-0.05, 0) is 64.4 Å². The van der Waals surface area contributed by atoms with Crippen LogP contribution in [0.5, 0.6) is 23.0 Å². The van der Waals surface area contributed by atoms with Crippen molar-refractivity contribution >= 4 is 0 Å². The lowest BCUT2D eigenvalue weighted by atomic mass is 9.76. The van der Waals surface area contributed by atoms with E-state index in [2.05, 4.69) is 84.9 Å². The maximum Gasteiger partial charge on any atom is 0.161 e. The SMILES string of the molecule is COc1ccc([C@@H]2c3cc(OC)c(OC)cc3[C@@H](Cc3ccccc3)[C@H]2c2ccccc2)cc1OC. The lowest BCUT2D eigenvalue weighted by Gasteiger charge is -2.27. The summed E-state index contributed by atoms with van der Waals surface area (Å²) in [6, 6.07) is 32.2. The summed E-state index contributed by atoms with van der Waals surface area (Å²) in [6.45, 7) is 0. The van der Waals surface area contributed by atoms with E-state index in [9.17, 15) is 0 Å². The van der Waals surface area contributed by atoms with Crippen LogP contribution in [-0.2, 0) is 6.42 Å². The molecule has 0 radical (unpaired) electrons. The molecule has 3 atom stereocenters. The molecule has 5 rings (SSSR count). The second-order valence-electron chi connectivity index (χ2n) is 9.16. The maximum absolute atomic E-state index is 5.75. The molecule has 4 nitrogen and oxygen atoms in total. The van der Waals surface area contributed by atoms with E-state index < -0.39 is 0 Å². The minimum atomic E-state index is 0.107. The van der Waals surface area contributed by atoms with Gasteiger partial charge in [-0.15, -0.1) is 0 Å². The number of fused-ring (bicyclic) bond motifs is 1. The van der Waals surface area contributed by atoms with Gasteiger partial charge < -0.3 is 18.9 Å². The molecule has 0 aliphatic heterocycles. The Morgan fingerprint density at radius 3 is 1.69 bits per heavy atom. The van der Waals surface area contributed by atoms with Crippen LogP contribution in [-0.4, -0.2) is 28.4 Å². The molecule has 36 heavy (non-hydrogen) atoms. The van der Waals surface area contributed by atoms with Gasteiger partial charge in [0.15, 0.2) is 23.0 Å². The molecule has 0 fully saturated rings. The predicted octanol–water partition coefficient (Wildman–Crippen LogP) is 6.98. The number of hydrogen-bond donors (Lipinski definition) is 0. The summed E-state index contributed by atoms with van der Waals surface area (Å²) in [5.41, 5.74) is 6.37. The van der Waals surface area contributed by atoms with Crippen LogP contribution in [0.3, 0.4) is 0 Å². The first-order valence-corrected chi connectivity index (χ1v) is 12.2. The van der Waals surface area contributed by atoms with Gasteiger partial charge in [0.2, 0.25) is 0 Å². The molecule has 4 aromatic carbocycles. The number of ether oxygens (including phenoxy) is 4. The number of methoxy groups -OCH3 is 4. The summed E-state index contributed by atoms with van der Waals surface area (Å²) in [7, 11) is 6.75. The van der Waals surface area contributed by atoms with Crippen LogP contribution < -0.4 is 18.9 Å². The second-order valence-corrected chi connectivity index (χ2v) is 9.16. The fourth-order valence-corrected chi connectivity index (χ4v) is 5.76. The minimum absolute atomic E-state index is 0.107. The van der Waals surface area contributed by atoms with Crippen molar-refractivity contribution in [3.63, 3.8) is 0 Å². The smallest absolute Gasteiger partial charge is 0.161 e. The van der Waals surface area contributed by atoms with Gasteiger partial charge in [0.1, 0.15) is 0 Å². The number of benzene rings is 4. The zero-order valence-corrected chi connectivity index (χ0v) is 21.2. The van der Waals surface area contributed by atoms with E-state index in [1.54, 1.807) is 28.4 Å². The highest BCUT2D eigenvalue weighted by atomic mass is 16.5. The number of hydrogen-bond acceptors (Lipinski definition) is 4. The van der Waals surface area contributed by atoms with Gasteiger partial charge in [-0.25, -0.2) is 0 Å². The molecule has 0 amide bonds. The molecule has 0 aromatic heterocycles. The molecule has 0 saturated carbocycles. The Bertz CT molecular complexity index is 1320. The Kier molecular flexibility index (Phi) is 6.86. The van der Waals surface area contributed by atoms with E-state index in [1.165, 1.54) is 27.8 Å². The first-order chi connectivity index (χ1) is 17.7. The number of rotatable bonds is 8. The van der Waals surface area contributed by atoms with Crippen LogP contribution in [0.25, 0.3) is 0 Å². The van der Waals surface area contributed by atoms with E-state index >= 15 is 0 Å². The quantitative estimate of drug-likeness (QED) is 0.273. The van der Waals surface area contributed by atoms with Gasteiger partial charge in [0.25, 0.3) is 0 Å². The molecule has 0 spiro atoms. The van der Waals surface area contributed by atoms with Crippen LogP contribution in [0, 0.1) is 0 Å². The largest absolute Gasteiger partial charge is 0.493 e. The van der Waals surface area contributed by atoms with E-state index in [0.717, 1.165) is 29.4 Å². The van der Waals surface area contributed by atoms with Crippen LogP contribution in [0.2, 0.25) is 0 Å². The molecular weight excluding hydrogens is 448 g/mol. The molecule has 0 heterocycles. The van der Waals surface area contributed by atoms with Gasteiger partial charge in [-0.1, -0.05) is 66.7 Å². The highest BCUT2D eigenvalue weighted by Gasteiger charge is 2.43. The van der Waals surface area contributed by atoms with Crippen molar-refractivity contribution < 1.29 is 18.9 Å². The van der Waals surface area contributed by atoms with Crippen molar-refractivity contribution in [2.24, 2.45) is 0 Å². The summed E-state index contributed by atoms with van der Waals surface area (Å²) < 4.78 is 22.7. The standard InChI is InChI=1S/C32H32O4/c1-33-27-16-15-23(18-28(27)34-2)32-26-20-30(36-4)29(35-3)19-24(26)25(17-21-11-7-5-8-12-21)31(32)22-13-9-6-10-14-22/h5-16,18-20,25,31-32H,17H2,1-4H3/t25-,31-,32-/m1/s1. The van der Waals surface area contributed by atoms with Gasteiger partial charge in [0, 0.05) is 11.8 Å². The molecule has 1 aliphatic rings. The summed E-state index contributed by atoms with van der Waals surface area (Å²) >= 11 is 0. The highest BCUT2D eigenvalue weighted by molar-refractivity contribution is 5.59. The highest BCUT2D eigenvalue weighted by Crippen LogP contribution is 2.58. The topological polar surface area (TPSA) is 36.9 Å². The van der Waals surface area contributed by atoms with E-state index in [0.29, 0.717) is 0 Å².